The Kier molecular flexibility index (Phi) is 5.90. The molecule has 7 nitrogen and oxygen atoms in total. The number of nitrogens with zero attached hydrogens (tertiary/aromatic N) is 2. The average Bonchev–Trinajstić information content (AvgIpc) is 2.63. The van der Waals surface area contributed by atoms with Gasteiger partial charge in [-0.05, 0) is 51.0 Å². The summed E-state index contributed by atoms with van der Waals surface area (Å²) in [5, 5.41) is 4.15. The van der Waals surface area contributed by atoms with Crippen LogP contribution >= 0.6 is 0 Å². The smallest absolute Gasteiger partial charge is 0.337 e. The number of hydrogen-bond donors (Lipinski definition) is 1. The minimum Gasteiger partial charge on any atom is -0.403 e. The maximum atomic E-state index is 13.4. The summed E-state index contributed by atoms with van der Waals surface area (Å²) < 4.78 is 31.8. The highest BCUT2D eigenvalue weighted by molar-refractivity contribution is 5.84. The molecule has 9 heteroatoms. The van der Waals surface area contributed by atoms with Gasteiger partial charge >= 0.3 is 11.6 Å². The molecular weight excluding hydrogens is 372 g/mol. The van der Waals surface area contributed by atoms with Crippen LogP contribution in [0.2, 0.25) is 0 Å². The van der Waals surface area contributed by atoms with Crippen molar-refractivity contribution >= 4 is 16.8 Å². The molecular formula is C19H23F2N3O4. The molecule has 2 aromatic rings. The summed E-state index contributed by atoms with van der Waals surface area (Å²) in [6.45, 7) is 2.94. The molecule has 1 aliphatic rings. The summed E-state index contributed by atoms with van der Waals surface area (Å²) >= 11 is 0. The number of halogens is 2. The van der Waals surface area contributed by atoms with Crippen LogP contribution in [0, 0.1) is 5.92 Å². The first-order valence-corrected chi connectivity index (χ1v) is 9.45. The molecule has 1 saturated carbocycles. The quantitative estimate of drug-likeness (QED) is 0.751. The third-order valence-electron chi connectivity index (χ3n) is 5.02. The van der Waals surface area contributed by atoms with Gasteiger partial charge in [-0.2, -0.15) is 4.98 Å². The molecule has 0 spiro atoms. The second-order valence-electron chi connectivity index (χ2n) is 7.22. The van der Waals surface area contributed by atoms with Crippen LogP contribution in [0.15, 0.2) is 25.2 Å². The second kappa shape index (κ2) is 8.20. The highest BCUT2D eigenvalue weighted by atomic mass is 19.3. The van der Waals surface area contributed by atoms with Gasteiger partial charge in [0, 0.05) is 12.0 Å². The number of nitrogens with one attached hydrogen (secondary N) is 1. The lowest BCUT2D eigenvalue weighted by Gasteiger charge is -2.27. The molecule has 0 saturated heterocycles. The molecule has 1 N–H and O–H groups in total. The topological polar surface area (TPSA) is 97.5 Å². The Bertz CT molecular complexity index is 981. The molecule has 3 rings (SSSR count). The fourth-order valence-corrected chi connectivity index (χ4v) is 3.39. The first-order chi connectivity index (χ1) is 13.3. The van der Waals surface area contributed by atoms with Crippen molar-refractivity contribution in [2.75, 3.05) is 0 Å². The van der Waals surface area contributed by atoms with Crippen molar-refractivity contribution in [2.45, 2.75) is 64.7 Å². The van der Waals surface area contributed by atoms with Crippen LogP contribution in [-0.2, 0) is 6.42 Å². The number of hydrogen-bond acceptors (Lipinski definition) is 6. The van der Waals surface area contributed by atoms with E-state index in [0.29, 0.717) is 43.4 Å². The molecule has 0 bridgehead atoms. The van der Waals surface area contributed by atoms with Crippen molar-refractivity contribution in [3.8, 4) is 6.01 Å². The van der Waals surface area contributed by atoms with E-state index in [9.17, 15) is 18.4 Å². The number of rotatable bonds is 6. The Morgan fingerprint density at radius 3 is 2.71 bits per heavy atom. The predicted octanol–water partition coefficient (Wildman–Crippen LogP) is 3.80. The zero-order valence-corrected chi connectivity index (χ0v) is 15.9. The number of aromatic nitrogens is 2. The number of aromatic amines is 1. The van der Waals surface area contributed by atoms with Crippen molar-refractivity contribution in [2.24, 2.45) is 11.1 Å². The summed E-state index contributed by atoms with van der Waals surface area (Å²) in [4.78, 5) is 35.9. The Balaban J connectivity index is 1.80. The third kappa shape index (κ3) is 4.63. The van der Waals surface area contributed by atoms with E-state index in [2.05, 4.69) is 15.1 Å². The highest BCUT2D eigenvalue weighted by Gasteiger charge is 2.36. The van der Waals surface area contributed by atoms with Crippen LogP contribution in [0.4, 0.5) is 8.78 Å². The number of alkyl halides is 2. The molecule has 2 heterocycles. The third-order valence-corrected chi connectivity index (χ3v) is 5.02. The van der Waals surface area contributed by atoms with Crippen molar-refractivity contribution in [1.29, 1.82) is 0 Å². The number of fused-ring (bicyclic) bond motifs is 1. The Hall–Kier alpha value is -2.58. The van der Waals surface area contributed by atoms with E-state index in [1.54, 1.807) is 0 Å². The standard InChI is InChI=1S/C19H23F2N3O4/c1-3-4-5-11-10-14(25)27-17-15(11)16(26)22-18(23-17)28-24-13-8-6-12(7-9-13)19(2,20)21/h10,12H,3-9H2,1-2H3,(H,22,23,26). The van der Waals surface area contributed by atoms with E-state index in [-0.39, 0.29) is 17.1 Å². The van der Waals surface area contributed by atoms with Crippen molar-refractivity contribution < 1.29 is 18.0 Å². The largest absolute Gasteiger partial charge is 0.403 e. The van der Waals surface area contributed by atoms with E-state index in [4.69, 9.17) is 9.25 Å². The first kappa shape index (κ1) is 20.2. The zero-order valence-electron chi connectivity index (χ0n) is 15.9. The number of unbranched alkanes of at least 4 members (excludes halogenated alkanes) is 1. The van der Waals surface area contributed by atoms with E-state index in [1.165, 1.54) is 6.07 Å². The zero-order chi connectivity index (χ0) is 20.3. The molecule has 152 valence electrons. The molecule has 0 aliphatic heterocycles. The molecule has 28 heavy (non-hydrogen) atoms. The van der Waals surface area contributed by atoms with Gasteiger partial charge in [-0.1, -0.05) is 18.5 Å². The molecule has 0 atom stereocenters. The molecule has 0 unspecified atom stereocenters. The fourth-order valence-electron chi connectivity index (χ4n) is 3.39. The van der Waals surface area contributed by atoms with Crippen LogP contribution in [0.3, 0.4) is 0 Å². The highest BCUT2D eigenvalue weighted by Crippen LogP contribution is 2.35. The summed E-state index contributed by atoms with van der Waals surface area (Å²) in [7, 11) is 0. The van der Waals surface area contributed by atoms with Crippen LogP contribution in [0.25, 0.3) is 11.1 Å². The summed E-state index contributed by atoms with van der Waals surface area (Å²) in [6.07, 6.45) is 3.73. The van der Waals surface area contributed by atoms with Gasteiger partial charge in [0.15, 0.2) is 0 Å². The van der Waals surface area contributed by atoms with E-state index < -0.39 is 23.0 Å². The summed E-state index contributed by atoms with van der Waals surface area (Å²) in [5.74, 6) is -3.37. The Morgan fingerprint density at radius 2 is 2.07 bits per heavy atom. The van der Waals surface area contributed by atoms with Gasteiger partial charge < -0.3 is 9.25 Å². The number of oxime groups is 1. The summed E-state index contributed by atoms with van der Waals surface area (Å²) in [6, 6.07) is 1.10. The van der Waals surface area contributed by atoms with Crippen LogP contribution in [-0.4, -0.2) is 21.6 Å². The monoisotopic (exact) mass is 395 g/mol. The van der Waals surface area contributed by atoms with Crippen molar-refractivity contribution in [1.82, 2.24) is 9.97 Å². The lowest BCUT2D eigenvalue weighted by Crippen LogP contribution is -2.29. The van der Waals surface area contributed by atoms with Gasteiger partial charge in [0.25, 0.3) is 5.56 Å². The number of aryl methyl sites for hydroxylation is 1. The SMILES string of the molecule is CCCCc1cc(=O)oc2nc(ON=C3CCC(C(C)(F)F)CC3)[nH]c(=O)c12. The van der Waals surface area contributed by atoms with Gasteiger partial charge in [0.2, 0.25) is 11.6 Å². The molecule has 1 aliphatic carbocycles. The maximum Gasteiger partial charge on any atom is 0.337 e. The summed E-state index contributed by atoms with van der Waals surface area (Å²) in [5.41, 5.74) is 0.0315. The average molecular weight is 395 g/mol. The lowest BCUT2D eigenvalue weighted by atomic mass is 9.84. The normalized spacial score (nSPS) is 17.7. The van der Waals surface area contributed by atoms with Gasteiger partial charge in [0.1, 0.15) is 5.39 Å². The first-order valence-electron chi connectivity index (χ1n) is 9.45. The molecule has 0 radical (unpaired) electrons. The Morgan fingerprint density at radius 1 is 1.36 bits per heavy atom. The van der Waals surface area contributed by atoms with Crippen LogP contribution in [0.1, 0.15) is 57.9 Å². The second-order valence-corrected chi connectivity index (χ2v) is 7.22. The van der Waals surface area contributed by atoms with E-state index in [0.717, 1.165) is 19.8 Å². The van der Waals surface area contributed by atoms with E-state index >= 15 is 0 Å². The van der Waals surface area contributed by atoms with Gasteiger partial charge in [0.05, 0.1) is 5.71 Å². The van der Waals surface area contributed by atoms with E-state index in [1.807, 2.05) is 6.92 Å². The molecule has 0 amide bonds. The molecule has 1 fully saturated rings. The predicted molar refractivity (Wildman–Crippen MR) is 100 cm³/mol. The fraction of sp³-hybridized carbons (Fsp3) is 0.579. The van der Waals surface area contributed by atoms with Gasteiger partial charge in [-0.3, -0.25) is 9.78 Å². The minimum atomic E-state index is -2.70. The minimum absolute atomic E-state index is 0.105. The lowest BCUT2D eigenvalue weighted by molar-refractivity contribution is -0.0468. The van der Waals surface area contributed by atoms with Crippen LogP contribution < -0.4 is 16.0 Å². The molecule has 2 aromatic heterocycles. The van der Waals surface area contributed by atoms with Gasteiger partial charge in [-0.25, -0.2) is 13.6 Å². The van der Waals surface area contributed by atoms with Crippen LogP contribution in [0.5, 0.6) is 6.01 Å². The van der Waals surface area contributed by atoms with Crippen molar-refractivity contribution in [3.63, 3.8) is 0 Å². The maximum absolute atomic E-state index is 13.4. The Labute approximate surface area is 159 Å². The van der Waals surface area contributed by atoms with Crippen molar-refractivity contribution in [3.05, 3.63) is 32.4 Å². The van der Waals surface area contributed by atoms with Gasteiger partial charge in [-0.15, -0.1) is 0 Å². The number of H-pyrrole nitrogens is 1. The molecule has 0 aromatic carbocycles.